The first-order chi connectivity index (χ1) is 30.1. The molecule has 5 aromatic carbocycles. The number of carbonyl (C=O) groups is 2. The molecule has 10 rings (SSSR count). The zero-order chi connectivity index (χ0) is 42.6. The van der Waals surface area contributed by atoms with Crippen LogP contribution in [0.2, 0.25) is 0 Å². The van der Waals surface area contributed by atoms with Gasteiger partial charge in [-0.3, -0.25) is 4.79 Å². The molecule has 3 atom stereocenters. The maximum absolute atomic E-state index is 14.2. The molecule has 7 aromatic rings. The van der Waals surface area contributed by atoms with E-state index in [9.17, 15) is 22.8 Å². The van der Waals surface area contributed by atoms with Crippen LogP contribution in [-0.4, -0.2) is 58.8 Å². The van der Waals surface area contributed by atoms with Gasteiger partial charge in [-0.15, -0.1) is 0 Å². The van der Waals surface area contributed by atoms with Crippen molar-refractivity contribution in [1.82, 2.24) is 20.1 Å². The lowest BCUT2D eigenvalue weighted by molar-refractivity contribution is 0.0821. The minimum Gasteiger partial charge on any atom is -0.485 e. The van der Waals surface area contributed by atoms with Crippen LogP contribution in [0.15, 0.2) is 115 Å². The number of nitrogen functional groups attached to an aromatic ring is 1. The number of alkyl halides is 2. The van der Waals surface area contributed by atoms with Crippen molar-refractivity contribution in [2.75, 3.05) is 30.3 Å². The molecule has 62 heavy (non-hydrogen) atoms. The predicted molar refractivity (Wildman–Crippen MR) is 228 cm³/mol. The van der Waals surface area contributed by atoms with Crippen LogP contribution in [0.5, 0.6) is 17.2 Å². The third-order valence-corrected chi connectivity index (χ3v) is 12.2. The van der Waals surface area contributed by atoms with Crippen molar-refractivity contribution in [3.8, 4) is 34.1 Å². The number of halogens is 3. The van der Waals surface area contributed by atoms with Crippen LogP contribution >= 0.6 is 0 Å². The quantitative estimate of drug-likeness (QED) is 0.110. The number of hydrogen-bond acceptors (Lipinski definition) is 8. The zero-order valence-electron chi connectivity index (χ0n) is 33.5. The first-order valence-electron chi connectivity index (χ1n) is 20.5. The van der Waals surface area contributed by atoms with E-state index in [0.29, 0.717) is 41.1 Å². The number of aromatic nitrogens is 3. The van der Waals surface area contributed by atoms with E-state index < -0.39 is 36.8 Å². The number of amides is 1. The van der Waals surface area contributed by atoms with Crippen molar-refractivity contribution in [2.24, 2.45) is 11.8 Å². The molecule has 0 radical (unpaired) electrons. The summed E-state index contributed by atoms with van der Waals surface area (Å²) in [6, 6.07) is 32.2. The molecule has 4 N–H and O–H groups in total. The fourth-order valence-corrected chi connectivity index (χ4v) is 9.40. The number of nitrogens with one attached hydrogen (secondary N) is 2. The number of carbonyl (C=O) groups excluding carboxylic acids is 2. The minimum atomic E-state index is -2.68. The fourth-order valence-electron chi connectivity index (χ4n) is 9.40. The summed E-state index contributed by atoms with van der Waals surface area (Å²) in [6.45, 7) is 2.31. The number of alkyl carbamates (subject to hydrolysis) is 1. The van der Waals surface area contributed by atoms with Crippen LogP contribution in [0.4, 0.5) is 29.5 Å². The van der Waals surface area contributed by atoms with Gasteiger partial charge in [0, 0.05) is 41.2 Å². The number of nitrogens with two attached hydrogens (primary N) is 1. The van der Waals surface area contributed by atoms with Gasteiger partial charge in [0.25, 0.3) is 6.43 Å². The molecule has 2 fully saturated rings. The van der Waals surface area contributed by atoms with E-state index in [1.165, 1.54) is 23.0 Å². The van der Waals surface area contributed by atoms with Crippen molar-refractivity contribution in [1.29, 1.82) is 0 Å². The number of fused-ring (bicyclic) bond motifs is 5. The molecular weight excluding hydrogens is 798 g/mol. The van der Waals surface area contributed by atoms with E-state index in [1.54, 1.807) is 42.5 Å². The number of ether oxygens (including phenoxy) is 3. The number of nitrogens with zero attached hydrogens (tertiary/aromatic N) is 3. The maximum Gasteiger partial charge on any atom is 0.408 e. The molecule has 0 spiro atoms. The zero-order valence-corrected chi connectivity index (χ0v) is 33.5. The molecule has 1 unspecified atom stereocenters. The molecule has 1 saturated heterocycles. The third-order valence-electron chi connectivity index (χ3n) is 12.2. The SMILES string of the molecule is Cc1cc(Oc2ccccc2F)ccc1-n1ncc(C(=O)c2cc3cc(OCC(F)F)c(N4CC5C[C@@H](NC(=O)OC6c7ccccc7-c7ccccc76)C[C@H]5C4)cc3[nH]2)c1N. The van der Waals surface area contributed by atoms with Crippen molar-refractivity contribution in [2.45, 2.75) is 38.3 Å². The molecule has 2 aliphatic carbocycles. The second-order valence-electron chi connectivity index (χ2n) is 16.2. The smallest absolute Gasteiger partial charge is 0.408 e. The molecule has 314 valence electrons. The first kappa shape index (κ1) is 38.9. The number of ketones is 1. The Balaban J connectivity index is 0.831. The molecule has 1 saturated carbocycles. The van der Waals surface area contributed by atoms with Crippen molar-refractivity contribution in [3.63, 3.8) is 0 Å². The number of aromatic amines is 1. The number of hydrogen-bond donors (Lipinski definition) is 3. The monoisotopic (exact) mass is 838 g/mol. The Labute approximate surface area is 354 Å². The molecule has 14 heteroatoms. The largest absolute Gasteiger partial charge is 0.485 e. The van der Waals surface area contributed by atoms with Gasteiger partial charge in [-0.25, -0.2) is 22.6 Å². The van der Waals surface area contributed by atoms with E-state index in [-0.39, 0.29) is 46.5 Å². The lowest BCUT2D eigenvalue weighted by Gasteiger charge is -2.24. The highest BCUT2D eigenvalue weighted by atomic mass is 19.3. The summed E-state index contributed by atoms with van der Waals surface area (Å²) in [4.78, 5) is 32.6. The number of H-pyrrole nitrogens is 1. The van der Waals surface area contributed by atoms with E-state index >= 15 is 0 Å². The summed E-state index contributed by atoms with van der Waals surface area (Å²) in [7, 11) is 0. The van der Waals surface area contributed by atoms with Gasteiger partial charge in [0.1, 0.15) is 23.9 Å². The average Bonchev–Trinajstić information content (AvgIpc) is 4.09. The van der Waals surface area contributed by atoms with Crippen LogP contribution in [0.1, 0.15) is 51.7 Å². The summed E-state index contributed by atoms with van der Waals surface area (Å²) in [6.07, 6.45) is -0.748. The Morgan fingerprint density at radius 2 is 1.56 bits per heavy atom. The van der Waals surface area contributed by atoms with Crippen LogP contribution < -0.4 is 25.4 Å². The second kappa shape index (κ2) is 15.7. The first-order valence-corrected chi connectivity index (χ1v) is 20.5. The van der Waals surface area contributed by atoms with Crippen LogP contribution in [0.25, 0.3) is 27.7 Å². The van der Waals surface area contributed by atoms with Gasteiger partial charge in [-0.2, -0.15) is 5.10 Å². The molecule has 1 amide bonds. The van der Waals surface area contributed by atoms with Gasteiger partial charge >= 0.3 is 6.09 Å². The number of para-hydroxylation sites is 1. The van der Waals surface area contributed by atoms with Crippen molar-refractivity contribution < 1.29 is 37.0 Å². The lowest BCUT2D eigenvalue weighted by Crippen LogP contribution is -2.35. The average molecular weight is 839 g/mol. The molecule has 3 aliphatic rings. The maximum atomic E-state index is 14.2. The summed E-state index contributed by atoms with van der Waals surface area (Å²) < 4.78 is 60.1. The number of benzene rings is 5. The topological polar surface area (TPSA) is 137 Å². The van der Waals surface area contributed by atoms with E-state index in [0.717, 1.165) is 40.7 Å². The summed E-state index contributed by atoms with van der Waals surface area (Å²) in [5, 5.41) is 8.13. The van der Waals surface area contributed by atoms with Gasteiger partial charge in [0.15, 0.2) is 17.7 Å². The normalized spacial score (nSPS) is 17.9. The molecular formula is C48H41F3N6O5. The van der Waals surface area contributed by atoms with E-state index in [1.807, 2.05) is 61.5 Å². The second-order valence-corrected chi connectivity index (χ2v) is 16.2. The lowest BCUT2D eigenvalue weighted by atomic mass is 10.0. The van der Waals surface area contributed by atoms with Gasteiger partial charge in [-0.1, -0.05) is 60.7 Å². The molecule has 0 bridgehead atoms. The van der Waals surface area contributed by atoms with E-state index in [2.05, 4.69) is 20.3 Å². The fraction of sp³-hybridized carbons (Fsp3) is 0.229. The highest BCUT2D eigenvalue weighted by Gasteiger charge is 2.43. The molecule has 1 aliphatic heterocycles. The van der Waals surface area contributed by atoms with Gasteiger partial charge in [-0.05, 0) is 96.8 Å². The van der Waals surface area contributed by atoms with Crippen molar-refractivity contribution >= 4 is 34.3 Å². The highest BCUT2D eigenvalue weighted by Crippen LogP contribution is 2.46. The Morgan fingerprint density at radius 3 is 2.26 bits per heavy atom. The third kappa shape index (κ3) is 7.14. The number of anilines is 2. The molecule has 2 aromatic heterocycles. The Morgan fingerprint density at radius 1 is 0.871 bits per heavy atom. The van der Waals surface area contributed by atoms with Crippen molar-refractivity contribution in [3.05, 3.63) is 149 Å². The van der Waals surface area contributed by atoms with Crippen LogP contribution in [-0.2, 0) is 4.74 Å². The van der Waals surface area contributed by atoms with E-state index in [4.69, 9.17) is 19.9 Å². The number of aryl methyl sites for hydroxylation is 1. The Hall–Kier alpha value is -7.22. The molecule has 3 heterocycles. The summed E-state index contributed by atoms with van der Waals surface area (Å²) in [5.41, 5.74) is 13.6. The van der Waals surface area contributed by atoms with Crippen LogP contribution in [0.3, 0.4) is 0 Å². The Bertz CT molecular complexity index is 2820. The van der Waals surface area contributed by atoms with Gasteiger partial charge in [0.2, 0.25) is 5.78 Å². The minimum absolute atomic E-state index is 0.0692. The Kier molecular flexibility index (Phi) is 9.84. The van der Waals surface area contributed by atoms with Crippen LogP contribution in [0, 0.1) is 24.6 Å². The highest BCUT2D eigenvalue weighted by molar-refractivity contribution is 6.12. The summed E-state index contributed by atoms with van der Waals surface area (Å²) in [5.74, 6) is 0.496. The number of rotatable bonds is 11. The standard InChI is InChI=1S/C48H41F3N6O5/c1-26-16-31(61-42-13-7-6-12-37(42)49)14-15-40(26)57-47(52)36(22-53-57)45(58)39-19-27-20-43(60-25-44(50)51)41(21-38(27)55-39)56-23-28-17-30(18-29(28)24-56)54-48(59)62-46-34-10-4-2-8-32(34)33-9-3-5-11-35(33)46/h2-16,19-22,28-30,44,46,55H,17-18,23-25,52H2,1H3,(H,54,59)/t28-,29?,30-/m0/s1. The molecule has 11 nitrogen and oxygen atoms in total. The van der Waals surface area contributed by atoms with Gasteiger partial charge in [0.05, 0.1) is 28.8 Å². The predicted octanol–water partition coefficient (Wildman–Crippen LogP) is 9.76. The summed E-state index contributed by atoms with van der Waals surface area (Å²) >= 11 is 0. The van der Waals surface area contributed by atoms with Gasteiger partial charge < -0.3 is 35.1 Å².